The van der Waals surface area contributed by atoms with Crippen LogP contribution in [-0.4, -0.2) is 15.0 Å². The van der Waals surface area contributed by atoms with Crippen molar-refractivity contribution in [1.29, 1.82) is 0 Å². The van der Waals surface area contributed by atoms with Crippen LogP contribution < -0.4 is 11.1 Å². The number of hydrogen-bond acceptors (Lipinski definition) is 5. The number of nitrogens with two attached hydrogens (primary N) is 1. The van der Waals surface area contributed by atoms with E-state index in [-0.39, 0.29) is 0 Å². The minimum absolute atomic E-state index is 0.528. The fourth-order valence-electron chi connectivity index (χ4n) is 1.02. The molecule has 0 aliphatic carbocycles. The van der Waals surface area contributed by atoms with Gasteiger partial charge in [0.05, 0.1) is 17.6 Å². The summed E-state index contributed by atoms with van der Waals surface area (Å²) in [6.07, 6.45) is 6.56. The van der Waals surface area contributed by atoms with Gasteiger partial charge in [0.2, 0.25) is 5.95 Å². The van der Waals surface area contributed by atoms with Gasteiger partial charge in [0.25, 0.3) is 0 Å². The van der Waals surface area contributed by atoms with Crippen molar-refractivity contribution in [1.82, 2.24) is 15.0 Å². The van der Waals surface area contributed by atoms with Crippen molar-refractivity contribution in [3.8, 4) is 0 Å². The van der Waals surface area contributed by atoms with Crippen molar-refractivity contribution in [3.05, 3.63) is 36.9 Å². The minimum Gasteiger partial charge on any atom is -0.397 e. The molecule has 0 saturated heterocycles. The van der Waals surface area contributed by atoms with Crippen molar-refractivity contribution in [2.45, 2.75) is 0 Å². The highest BCUT2D eigenvalue weighted by Crippen LogP contribution is 2.12. The SMILES string of the molecule is Nc1cncc(Nc2ncccn2)c1. The Morgan fingerprint density at radius 2 is 1.93 bits per heavy atom. The van der Waals surface area contributed by atoms with Gasteiger partial charge in [-0.25, -0.2) is 9.97 Å². The van der Waals surface area contributed by atoms with Gasteiger partial charge in [-0.1, -0.05) is 0 Å². The molecule has 2 heterocycles. The number of pyridine rings is 1. The lowest BCUT2D eigenvalue weighted by atomic mass is 10.4. The smallest absolute Gasteiger partial charge is 0.227 e. The van der Waals surface area contributed by atoms with Crippen LogP contribution in [0.3, 0.4) is 0 Å². The predicted molar refractivity (Wildman–Crippen MR) is 54.0 cm³/mol. The van der Waals surface area contributed by atoms with Gasteiger partial charge in [-0.2, -0.15) is 0 Å². The van der Waals surface area contributed by atoms with Gasteiger partial charge in [-0.05, 0) is 12.1 Å². The van der Waals surface area contributed by atoms with Crippen molar-refractivity contribution in [2.75, 3.05) is 11.1 Å². The van der Waals surface area contributed by atoms with Crippen LogP contribution in [0.25, 0.3) is 0 Å². The van der Waals surface area contributed by atoms with Crippen LogP contribution in [-0.2, 0) is 0 Å². The van der Waals surface area contributed by atoms with E-state index in [1.165, 1.54) is 0 Å². The first kappa shape index (κ1) is 8.43. The first-order valence-electron chi connectivity index (χ1n) is 4.09. The fraction of sp³-hybridized carbons (Fsp3) is 0. The summed E-state index contributed by atoms with van der Waals surface area (Å²) >= 11 is 0. The van der Waals surface area contributed by atoms with Gasteiger partial charge in [0.15, 0.2) is 0 Å². The summed E-state index contributed by atoms with van der Waals surface area (Å²) in [4.78, 5) is 12.0. The van der Waals surface area contributed by atoms with E-state index in [9.17, 15) is 0 Å². The molecule has 5 heteroatoms. The first-order valence-corrected chi connectivity index (χ1v) is 4.09. The lowest BCUT2D eigenvalue weighted by Gasteiger charge is -2.03. The molecule has 0 amide bonds. The first-order chi connectivity index (χ1) is 6.84. The van der Waals surface area contributed by atoms with E-state index >= 15 is 0 Å². The monoisotopic (exact) mass is 187 g/mol. The van der Waals surface area contributed by atoms with Crippen molar-refractivity contribution < 1.29 is 0 Å². The zero-order valence-electron chi connectivity index (χ0n) is 7.38. The maximum atomic E-state index is 5.57. The Balaban J connectivity index is 2.19. The molecule has 14 heavy (non-hydrogen) atoms. The highest BCUT2D eigenvalue weighted by molar-refractivity contribution is 5.57. The van der Waals surface area contributed by atoms with Crippen LogP contribution in [0, 0.1) is 0 Å². The summed E-state index contributed by atoms with van der Waals surface area (Å²) in [6, 6.07) is 3.52. The molecule has 3 N–H and O–H groups in total. The quantitative estimate of drug-likeness (QED) is 0.738. The summed E-state index contributed by atoms with van der Waals surface area (Å²) < 4.78 is 0. The number of nitrogens with one attached hydrogen (secondary N) is 1. The van der Waals surface area contributed by atoms with E-state index in [1.54, 1.807) is 36.9 Å². The van der Waals surface area contributed by atoms with Crippen LogP contribution in [0.2, 0.25) is 0 Å². The van der Waals surface area contributed by atoms with Crippen molar-refractivity contribution in [2.24, 2.45) is 0 Å². The molecule has 0 aliphatic rings. The van der Waals surface area contributed by atoms with E-state index < -0.39 is 0 Å². The standard InChI is InChI=1S/C9H9N5/c10-7-4-8(6-11-5-7)14-9-12-2-1-3-13-9/h1-6H,10H2,(H,12,13,14). The molecule has 2 rings (SSSR count). The summed E-state index contributed by atoms with van der Waals surface area (Å²) in [5.74, 6) is 0.528. The Bertz CT molecular complexity index is 415. The van der Waals surface area contributed by atoms with Gasteiger partial charge < -0.3 is 11.1 Å². The molecule has 5 nitrogen and oxygen atoms in total. The maximum Gasteiger partial charge on any atom is 0.227 e. The Kier molecular flexibility index (Phi) is 2.22. The van der Waals surface area contributed by atoms with E-state index in [0.717, 1.165) is 5.69 Å². The van der Waals surface area contributed by atoms with Crippen LogP contribution in [0.5, 0.6) is 0 Å². The Hall–Kier alpha value is -2.17. The largest absolute Gasteiger partial charge is 0.397 e. The van der Waals surface area contributed by atoms with Crippen LogP contribution in [0.4, 0.5) is 17.3 Å². The molecule has 2 aromatic rings. The second-order valence-corrected chi connectivity index (χ2v) is 2.70. The Morgan fingerprint density at radius 3 is 2.64 bits per heavy atom. The number of anilines is 3. The molecule has 0 aromatic carbocycles. The number of aromatic nitrogens is 3. The third-order valence-corrected chi connectivity index (χ3v) is 1.58. The van der Waals surface area contributed by atoms with E-state index in [0.29, 0.717) is 11.6 Å². The topological polar surface area (TPSA) is 76.7 Å². The van der Waals surface area contributed by atoms with Crippen molar-refractivity contribution in [3.63, 3.8) is 0 Å². The lowest BCUT2D eigenvalue weighted by Crippen LogP contribution is -1.97. The molecule has 0 saturated carbocycles. The lowest BCUT2D eigenvalue weighted by molar-refractivity contribution is 1.16. The van der Waals surface area contributed by atoms with Gasteiger partial charge >= 0.3 is 0 Å². The number of rotatable bonds is 2. The van der Waals surface area contributed by atoms with Gasteiger partial charge in [-0.15, -0.1) is 0 Å². The summed E-state index contributed by atoms with van der Waals surface area (Å²) in [5, 5.41) is 2.98. The van der Waals surface area contributed by atoms with E-state index in [4.69, 9.17) is 5.73 Å². The molecular weight excluding hydrogens is 178 g/mol. The number of nitrogen functional groups attached to an aromatic ring is 1. The average Bonchev–Trinajstić information content (AvgIpc) is 2.19. The molecule has 0 radical (unpaired) electrons. The second-order valence-electron chi connectivity index (χ2n) is 2.70. The molecule has 0 spiro atoms. The highest BCUT2D eigenvalue weighted by atomic mass is 15.1. The zero-order chi connectivity index (χ0) is 9.80. The Labute approximate surface area is 81.0 Å². The molecule has 0 unspecified atom stereocenters. The summed E-state index contributed by atoms with van der Waals surface area (Å²) in [6.45, 7) is 0. The fourth-order valence-corrected chi connectivity index (χ4v) is 1.02. The summed E-state index contributed by atoms with van der Waals surface area (Å²) in [5.41, 5.74) is 6.95. The number of nitrogens with zero attached hydrogens (tertiary/aromatic N) is 3. The molecule has 70 valence electrons. The third kappa shape index (κ3) is 1.95. The van der Waals surface area contributed by atoms with Crippen LogP contribution >= 0.6 is 0 Å². The maximum absolute atomic E-state index is 5.57. The summed E-state index contributed by atoms with van der Waals surface area (Å²) in [7, 11) is 0. The zero-order valence-corrected chi connectivity index (χ0v) is 7.38. The van der Waals surface area contributed by atoms with E-state index in [2.05, 4.69) is 20.3 Å². The van der Waals surface area contributed by atoms with Gasteiger partial charge in [-0.3, -0.25) is 4.98 Å². The molecule has 0 aliphatic heterocycles. The second kappa shape index (κ2) is 3.69. The van der Waals surface area contributed by atoms with Crippen LogP contribution in [0.15, 0.2) is 36.9 Å². The van der Waals surface area contributed by atoms with Crippen LogP contribution in [0.1, 0.15) is 0 Å². The molecule has 2 aromatic heterocycles. The third-order valence-electron chi connectivity index (χ3n) is 1.58. The minimum atomic E-state index is 0.528. The van der Waals surface area contributed by atoms with Gasteiger partial charge in [0.1, 0.15) is 0 Å². The van der Waals surface area contributed by atoms with E-state index in [1.807, 2.05) is 0 Å². The average molecular weight is 187 g/mol. The number of hydrogen-bond donors (Lipinski definition) is 2. The molecule has 0 bridgehead atoms. The van der Waals surface area contributed by atoms with Gasteiger partial charge in [0, 0.05) is 18.6 Å². The molecule has 0 atom stereocenters. The normalized spacial score (nSPS) is 9.71. The Morgan fingerprint density at radius 1 is 1.14 bits per heavy atom. The van der Waals surface area contributed by atoms with Crippen molar-refractivity contribution >= 4 is 17.3 Å². The molecular formula is C9H9N5. The predicted octanol–water partition coefficient (Wildman–Crippen LogP) is 1.20. The highest BCUT2D eigenvalue weighted by Gasteiger charge is 1.96. The molecule has 0 fully saturated rings.